The summed E-state index contributed by atoms with van der Waals surface area (Å²) in [6.45, 7) is 21.8. The van der Waals surface area contributed by atoms with Gasteiger partial charge in [0.05, 0.1) is 48.8 Å². The normalized spacial score (nSPS) is 49.5. The van der Waals surface area contributed by atoms with Crippen LogP contribution in [0.1, 0.15) is 115 Å². The SMILES string of the molecule is COC1C(C)CC(OC2C(O)CC(OC3CC(OC4C(C)CC(C)C5C4C=CC4C(C)=CCC(O)C(C)=CC6C=C(C)C(C)CC67OC(=O)C(=C(O)C45C)C7=O)OC(C)C3O)OC2C)OC1C. The molecule has 1 saturated carbocycles. The van der Waals surface area contributed by atoms with Gasteiger partial charge in [-0.15, -0.1) is 0 Å². The topological polar surface area (TPSA) is 189 Å². The summed E-state index contributed by atoms with van der Waals surface area (Å²) in [6.07, 6.45) is 4.21. The number of hydrogen-bond acceptors (Lipinski definition) is 14. The molecule has 4 heterocycles. The summed E-state index contributed by atoms with van der Waals surface area (Å²) in [7, 11) is 1.68. The minimum absolute atomic E-state index is 0.0140. The molecule has 0 aromatic carbocycles. The maximum atomic E-state index is 15.0. The second-order valence-electron chi connectivity index (χ2n) is 22.1. The zero-order chi connectivity index (χ0) is 48.6. The van der Waals surface area contributed by atoms with Crippen molar-refractivity contribution >= 4 is 11.8 Å². The second kappa shape index (κ2) is 19.4. The number of hydrogen-bond donors (Lipinski definition) is 4. The maximum absolute atomic E-state index is 15.0. The molecular weight excluding hydrogens is 861 g/mol. The number of carbonyl (C=O) groups excluding carboxylic acids is 2. The van der Waals surface area contributed by atoms with E-state index in [0.29, 0.717) is 18.4 Å². The monoisotopic (exact) mass is 939 g/mol. The molecule has 1 spiro atoms. The highest BCUT2D eigenvalue weighted by atomic mass is 16.7. The van der Waals surface area contributed by atoms with Gasteiger partial charge in [-0.1, -0.05) is 76.1 Å². The van der Waals surface area contributed by atoms with Crippen LogP contribution in [0.3, 0.4) is 0 Å². The second-order valence-corrected chi connectivity index (χ2v) is 22.1. The number of allylic oxidation sites excluding steroid dienone is 4. The Morgan fingerprint density at radius 3 is 1.99 bits per heavy atom. The smallest absolute Gasteiger partial charge is 0.346 e. The lowest BCUT2D eigenvalue weighted by atomic mass is 9.49. The molecule has 23 atom stereocenters. The first-order valence-corrected chi connectivity index (χ1v) is 25.0. The highest BCUT2D eigenvalue weighted by Gasteiger charge is 2.63. The van der Waals surface area contributed by atoms with E-state index in [1.54, 1.807) is 14.0 Å². The van der Waals surface area contributed by atoms with Crippen molar-refractivity contribution in [2.24, 2.45) is 52.8 Å². The van der Waals surface area contributed by atoms with E-state index in [-0.39, 0.29) is 78.3 Å². The zero-order valence-corrected chi connectivity index (χ0v) is 41.6. The van der Waals surface area contributed by atoms with Crippen molar-refractivity contribution < 1.29 is 67.9 Å². The number of Topliss-reactive ketones (excluding diaryl/α,β-unsaturated/α-hetero) is 1. The summed E-state index contributed by atoms with van der Waals surface area (Å²) < 4.78 is 50.4. The van der Waals surface area contributed by atoms with Gasteiger partial charge < -0.3 is 58.3 Å². The predicted octanol–water partition coefficient (Wildman–Crippen LogP) is 6.96. The molecule has 0 radical (unpaired) electrons. The number of rotatable bonds is 7. The Labute approximate surface area is 397 Å². The molecule has 14 heteroatoms. The molecule has 4 N–H and O–H groups in total. The largest absolute Gasteiger partial charge is 0.511 e. The molecule has 8 aliphatic rings. The molecule has 0 aromatic rings. The van der Waals surface area contributed by atoms with Gasteiger partial charge in [0, 0.05) is 56.0 Å². The van der Waals surface area contributed by atoms with Gasteiger partial charge in [0.1, 0.15) is 23.5 Å². The summed E-state index contributed by atoms with van der Waals surface area (Å²) in [4.78, 5) is 29.3. The zero-order valence-electron chi connectivity index (χ0n) is 41.6. The molecule has 374 valence electrons. The molecule has 4 saturated heterocycles. The van der Waals surface area contributed by atoms with E-state index < -0.39 is 102 Å². The van der Waals surface area contributed by atoms with Crippen molar-refractivity contribution in [3.05, 3.63) is 58.4 Å². The van der Waals surface area contributed by atoms with Gasteiger partial charge in [0.25, 0.3) is 0 Å². The van der Waals surface area contributed by atoms with E-state index >= 15 is 4.79 Å². The third-order valence-corrected chi connectivity index (χ3v) is 17.4. The van der Waals surface area contributed by atoms with Crippen LogP contribution >= 0.6 is 0 Å². The lowest BCUT2D eigenvalue weighted by Gasteiger charge is -2.56. The Kier molecular flexibility index (Phi) is 14.7. The number of carbonyl (C=O) groups is 2. The minimum Gasteiger partial charge on any atom is -0.511 e. The summed E-state index contributed by atoms with van der Waals surface area (Å²) >= 11 is 0. The van der Waals surface area contributed by atoms with Gasteiger partial charge in [-0.3, -0.25) is 4.79 Å². The van der Waals surface area contributed by atoms with Gasteiger partial charge in [-0.25, -0.2) is 4.79 Å². The predicted molar refractivity (Wildman–Crippen MR) is 247 cm³/mol. The lowest BCUT2D eigenvalue weighted by molar-refractivity contribution is -0.333. The van der Waals surface area contributed by atoms with Crippen molar-refractivity contribution in [1.29, 1.82) is 0 Å². The van der Waals surface area contributed by atoms with Crippen LogP contribution in [0.4, 0.5) is 0 Å². The third-order valence-electron chi connectivity index (χ3n) is 17.4. The van der Waals surface area contributed by atoms with Gasteiger partial charge in [0.2, 0.25) is 5.78 Å². The average molecular weight is 939 g/mol. The highest BCUT2D eigenvalue weighted by Crippen LogP contribution is 2.61. The molecule has 4 aliphatic heterocycles. The molecule has 0 aromatic heterocycles. The number of ether oxygens (including phenoxy) is 8. The lowest BCUT2D eigenvalue weighted by Crippen LogP contribution is -2.57. The van der Waals surface area contributed by atoms with Crippen LogP contribution in [0, 0.1) is 52.8 Å². The summed E-state index contributed by atoms with van der Waals surface area (Å²) in [5.74, 6) is -3.05. The van der Waals surface area contributed by atoms with Crippen LogP contribution in [0.2, 0.25) is 0 Å². The number of aliphatic hydroxyl groups excluding tert-OH is 4. The van der Waals surface area contributed by atoms with Crippen molar-refractivity contribution in [2.45, 2.75) is 200 Å². The first kappa shape index (κ1) is 50.6. The Morgan fingerprint density at radius 2 is 1.31 bits per heavy atom. The molecule has 23 unspecified atom stereocenters. The van der Waals surface area contributed by atoms with E-state index in [4.69, 9.17) is 37.9 Å². The summed E-state index contributed by atoms with van der Waals surface area (Å²) in [6, 6.07) is 0. The van der Waals surface area contributed by atoms with Crippen molar-refractivity contribution in [3.8, 4) is 0 Å². The van der Waals surface area contributed by atoms with Crippen LogP contribution in [-0.4, -0.2) is 125 Å². The standard InChI is InChI=1S/C53H78O14/c1-24-13-16-37(54)26(3)19-34-18-25(2)30(7)23-53(34)50(58)43(51(59)67-53)49(57)52(11)36(24)15-14-35-44(52)27(4)17-28(5)47(35)65-42-22-39(45(56)31(8)61-42)64-41-21-38(55)48(33(10)63-41)66-40-20-29(6)46(60-12)32(9)62-40/h13-15,18-19,27-42,44-48,54-57H,16-17,20-23H2,1-12H3. The maximum Gasteiger partial charge on any atom is 0.346 e. The number of aliphatic hydroxyl groups is 4. The quantitative estimate of drug-likeness (QED) is 0.117. The summed E-state index contributed by atoms with van der Waals surface area (Å²) in [5.41, 5.74) is -0.346. The Hall–Kier alpha value is -2.76. The van der Waals surface area contributed by atoms with Gasteiger partial charge in [0.15, 0.2) is 24.5 Å². The van der Waals surface area contributed by atoms with Crippen LogP contribution in [0.5, 0.6) is 0 Å². The van der Waals surface area contributed by atoms with Crippen LogP contribution in [0.25, 0.3) is 0 Å². The van der Waals surface area contributed by atoms with E-state index in [2.05, 4.69) is 32.9 Å². The molecule has 14 nitrogen and oxygen atoms in total. The van der Waals surface area contributed by atoms with E-state index in [1.807, 2.05) is 66.7 Å². The Morgan fingerprint density at radius 1 is 0.701 bits per heavy atom. The Bertz CT molecular complexity index is 2000. The molecule has 2 bridgehead atoms. The van der Waals surface area contributed by atoms with E-state index in [0.717, 1.165) is 17.6 Å². The van der Waals surface area contributed by atoms with Crippen LogP contribution < -0.4 is 0 Å². The number of methoxy groups -OCH3 is 1. The summed E-state index contributed by atoms with van der Waals surface area (Å²) in [5, 5.41) is 47.2. The molecule has 0 amide bonds. The van der Waals surface area contributed by atoms with Crippen molar-refractivity contribution in [1.82, 2.24) is 0 Å². The van der Waals surface area contributed by atoms with Crippen molar-refractivity contribution in [3.63, 3.8) is 0 Å². The van der Waals surface area contributed by atoms with Gasteiger partial charge in [-0.05, 0) is 89.5 Å². The van der Waals surface area contributed by atoms with Gasteiger partial charge >= 0.3 is 5.97 Å². The fourth-order valence-electron chi connectivity index (χ4n) is 13.6. The van der Waals surface area contributed by atoms with Crippen molar-refractivity contribution in [2.75, 3.05) is 7.11 Å². The van der Waals surface area contributed by atoms with Crippen LogP contribution in [0.15, 0.2) is 58.4 Å². The molecule has 67 heavy (non-hydrogen) atoms. The average Bonchev–Trinajstić information content (AvgIpc) is 3.50. The third kappa shape index (κ3) is 9.12. The number of esters is 1. The highest BCUT2D eigenvalue weighted by molar-refractivity contribution is 6.26. The number of fused-ring (bicyclic) bond motifs is 4. The first-order valence-electron chi connectivity index (χ1n) is 25.0. The fourth-order valence-corrected chi connectivity index (χ4v) is 13.6. The minimum atomic E-state index is -1.55. The molecule has 5 fully saturated rings. The molecular formula is C53H78O14. The van der Waals surface area contributed by atoms with Gasteiger partial charge in [-0.2, -0.15) is 0 Å². The Balaban J connectivity index is 1.04. The number of ketones is 1. The molecule has 8 rings (SSSR count). The molecule has 4 aliphatic carbocycles. The first-order chi connectivity index (χ1) is 31.6. The van der Waals surface area contributed by atoms with Crippen LogP contribution in [-0.2, 0) is 47.5 Å². The fraction of sp³-hybridized carbons (Fsp3) is 0.774. The van der Waals surface area contributed by atoms with E-state index in [1.165, 1.54) is 0 Å². The van der Waals surface area contributed by atoms with E-state index in [9.17, 15) is 25.2 Å².